The molecular weight excluding hydrogens is 256 g/mol. The summed E-state index contributed by atoms with van der Waals surface area (Å²) in [5.41, 5.74) is 3.19. The van der Waals surface area contributed by atoms with Crippen molar-refractivity contribution in [3.05, 3.63) is 36.8 Å². The highest BCUT2D eigenvalue weighted by molar-refractivity contribution is 7.99. The van der Waals surface area contributed by atoms with Gasteiger partial charge >= 0.3 is 0 Å². The lowest BCUT2D eigenvalue weighted by molar-refractivity contribution is 1.15. The highest BCUT2D eigenvalue weighted by Gasteiger charge is 1.97. The molecule has 2 rings (SSSR count). The number of imidazole rings is 1. The Bertz CT molecular complexity index is 491. The van der Waals surface area contributed by atoms with E-state index in [1.165, 1.54) is 0 Å². The van der Waals surface area contributed by atoms with Gasteiger partial charge in [0.15, 0.2) is 0 Å². The number of aromatic amines is 1. The second-order valence-corrected chi connectivity index (χ2v) is 5.31. The van der Waals surface area contributed by atoms with Crippen molar-refractivity contribution >= 4 is 23.8 Å². The van der Waals surface area contributed by atoms with Crippen LogP contribution in [0.1, 0.15) is 6.92 Å². The highest BCUT2D eigenvalue weighted by Crippen LogP contribution is 2.18. The van der Waals surface area contributed by atoms with Crippen LogP contribution in [0, 0.1) is 0 Å². The van der Waals surface area contributed by atoms with Crippen molar-refractivity contribution in [1.29, 1.82) is 0 Å². The van der Waals surface area contributed by atoms with Gasteiger partial charge in [0.25, 0.3) is 0 Å². The Balaban J connectivity index is 1.82. The standard InChI is InChI=1S/C14H18N4S/c1-2-19-8-7-15-10-17-13-5-3-12(4-6-13)14-9-16-11-18-14/h3-6,9-11H,2,7-8H2,1H3,(H,15,17)(H,16,18). The predicted molar refractivity (Wildman–Crippen MR) is 84.0 cm³/mol. The molecule has 1 aromatic heterocycles. The first kappa shape index (κ1) is 13.7. The molecule has 0 spiro atoms. The van der Waals surface area contributed by atoms with Gasteiger partial charge in [0.2, 0.25) is 0 Å². The molecule has 0 aliphatic heterocycles. The summed E-state index contributed by atoms with van der Waals surface area (Å²) in [4.78, 5) is 11.4. The number of thioether (sulfide) groups is 1. The number of aliphatic imine (C=N–C) groups is 1. The van der Waals surface area contributed by atoms with Gasteiger partial charge < -0.3 is 10.3 Å². The topological polar surface area (TPSA) is 53.1 Å². The van der Waals surface area contributed by atoms with E-state index in [4.69, 9.17) is 0 Å². The molecule has 0 bridgehead atoms. The maximum Gasteiger partial charge on any atom is 0.0924 e. The Morgan fingerprint density at radius 1 is 1.37 bits per heavy atom. The van der Waals surface area contributed by atoms with Gasteiger partial charge in [-0.3, -0.25) is 4.99 Å². The van der Waals surface area contributed by atoms with Crippen LogP contribution in [-0.2, 0) is 0 Å². The quantitative estimate of drug-likeness (QED) is 0.463. The Kier molecular flexibility index (Phi) is 5.49. The molecule has 2 N–H and O–H groups in total. The molecule has 0 saturated carbocycles. The summed E-state index contributed by atoms with van der Waals surface area (Å²) in [6.45, 7) is 3.02. The molecule has 0 amide bonds. The van der Waals surface area contributed by atoms with Crippen molar-refractivity contribution in [2.24, 2.45) is 4.99 Å². The number of anilines is 1. The fourth-order valence-corrected chi connectivity index (χ4v) is 2.13. The lowest BCUT2D eigenvalue weighted by Gasteiger charge is -2.02. The molecule has 19 heavy (non-hydrogen) atoms. The maximum absolute atomic E-state index is 4.30. The van der Waals surface area contributed by atoms with Crippen LogP contribution in [0.4, 0.5) is 5.69 Å². The van der Waals surface area contributed by atoms with Crippen LogP contribution in [0.15, 0.2) is 41.8 Å². The average molecular weight is 274 g/mol. The summed E-state index contributed by atoms with van der Waals surface area (Å²) in [6, 6.07) is 8.17. The van der Waals surface area contributed by atoms with Gasteiger partial charge in [0.1, 0.15) is 0 Å². The molecule has 4 nitrogen and oxygen atoms in total. The van der Waals surface area contributed by atoms with Gasteiger partial charge in [-0.2, -0.15) is 11.8 Å². The smallest absolute Gasteiger partial charge is 0.0924 e. The molecule has 0 unspecified atom stereocenters. The fraction of sp³-hybridized carbons (Fsp3) is 0.286. The Labute approximate surface area is 117 Å². The summed E-state index contributed by atoms with van der Waals surface area (Å²) >= 11 is 1.90. The molecule has 0 aliphatic carbocycles. The molecule has 0 aliphatic rings. The average Bonchev–Trinajstić information content (AvgIpc) is 2.97. The van der Waals surface area contributed by atoms with Crippen molar-refractivity contribution in [3.8, 4) is 11.3 Å². The lowest BCUT2D eigenvalue weighted by atomic mass is 10.1. The monoisotopic (exact) mass is 274 g/mol. The van der Waals surface area contributed by atoms with Crippen molar-refractivity contribution in [1.82, 2.24) is 9.97 Å². The summed E-state index contributed by atoms with van der Waals surface area (Å²) in [5, 5.41) is 3.17. The van der Waals surface area contributed by atoms with Crippen LogP contribution in [0.5, 0.6) is 0 Å². The molecule has 0 fully saturated rings. The SMILES string of the molecule is CCSCCN=CNc1ccc(-c2cnc[nH]2)cc1. The molecule has 5 heteroatoms. The van der Waals surface area contributed by atoms with Gasteiger partial charge in [-0.1, -0.05) is 19.1 Å². The van der Waals surface area contributed by atoms with E-state index in [9.17, 15) is 0 Å². The van der Waals surface area contributed by atoms with Gasteiger partial charge in [-0.25, -0.2) is 4.98 Å². The first-order chi connectivity index (χ1) is 9.40. The van der Waals surface area contributed by atoms with Crippen molar-refractivity contribution in [2.45, 2.75) is 6.92 Å². The van der Waals surface area contributed by atoms with E-state index in [-0.39, 0.29) is 0 Å². The number of aromatic nitrogens is 2. The number of nitrogens with zero attached hydrogens (tertiary/aromatic N) is 2. The molecule has 0 radical (unpaired) electrons. The van der Waals surface area contributed by atoms with E-state index in [2.05, 4.69) is 39.3 Å². The van der Waals surface area contributed by atoms with Crippen molar-refractivity contribution in [2.75, 3.05) is 23.4 Å². The minimum atomic E-state index is 0.859. The third-order valence-corrected chi connectivity index (χ3v) is 3.46. The number of hydrogen-bond donors (Lipinski definition) is 2. The molecule has 0 atom stereocenters. The summed E-state index contributed by atoms with van der Waals surface area (Å²) in [7, 11) is 0. The minimum absolute atomic E-state index is 0.859. The minimum Gasteiger partial charge on any atom is -0.347 e. The zero-order valence-corrected chi connectivity index (χ0v) is 11.8. The van der Waals surface area contributed by atoms with Gasteiger partial charge in [0, 0.05) is 18.0 Å². The summed E-state index contributed by atoms with van der Waals surface area (Å²) < 4.78 is 0. The van der Waals surface area contributed by atoms with Crippen LogP contribution in [0.3, 0.4) is 0 Å². The van der Waals surface area contributed by atoms with Crippen LogP contribution >= 0.6 is 11.8 Å². The van der Waals surface area contributed by atoms with Crippen LogP contribution < -0.4 is 5.32 Å². The molecule has 1 heterocycles. The number of nitrogens with one attached hydrogen (secondary N) is 2. The Hall–Kier alpha value is -1.75. The van der Waals surface area contributed by atoms with Gasteiger partial charge in [-0.15, -0.1) is 0 Å². The number of benzene rings is 1. The van der Waals surface area contributed by atoms with E-state index in [0.29, 0.717) is 0 Å². The van der Waals surface area contributed by atoms with Crippen LogP contribution in [0.2, 0.25) is 0 Å². The summed E-state index contributed by atoms with van der Waals surface area (Å²) in [6.07, 6.45) is 5.26. The molecule has 100 valence electrons. The highest BCUT2D eigenvalue weighted by atomic mass is 32.2. The zero-order valence-electron chi connectivity index (χ0n) is 11.0. The van der Waals surface area contributed by atoms with E-state index < -0.39 is 0 Å². The maximum atomic E-state index is 4.30. The molecular formula is C14H18N4S. The van der Waals surface area contributed by atoms with Crippen molar-refractivity contribution < 1.29 is 0 Å². The Morgan fingerprint density at radius 3 is 2.89 bits per heavy atom. The normalized spacial score (nSPS) is 11.0. The van der Waals surface area contributed by atoms with E-state index in [1.54, 1.807) is 12.7 Å². The second-order valence-electron chi connectivity index (χ2n) is 3.92. The molecule has 1 aromatic carbocycles. The van der Waals surface area contributed by atoms with Gasteiger partial charge in [-0.05, 0) is 23.4 Å². The third-order valence-electron chi connectivity index (χ3n) is 2.59. The van der Waals surface area contributed by atoms with Crippen LogP contribution in [0.25, 0.3) is 11.3 Å². The van der Waals surface area contributed by atoms with E-state index in [1.807, 2.05) is 30.1 Å². The van der Waals surface area contributed by atoms with E-state index >= 15 is 0 Å². The Morgan fingerprint density at radius 2 is 2.21 bits per heavy atom. The molecule has 0 saturated heterocycles. The number of hydrogen-bond acceptors (Lipinski definition) is 3. The number of rotatable bonds is 7. The lowest BCUT2D eigenvalue weighted by Crippen LogP contribution is -1.96. The molecule has 2 aromatic rings. The van der Waals surface area contributed by atoms with E-state index in [0.717, 1.165) is 35.0 Å². The first-order valence-electron chi connectivity index (χ1n) is 6.31. The fourth-order valence-electron chi connectivity index (χ4n) is 1.61. The largest absolute Gasteiger partial charge is 0.347 e. The van der Waals surface area contributed by atoms with Gasteiger partial charge in [0.05, 0.1) is 24.6 Å². The zero-order chi connectivity index (χ0) is 13.3. The predicted octanol–water partition coefficient (Wildman–Crippen LogP) is 3.27. The van der Waals surface area contributed by atoms with Crippen molar-refractivity contribution in [3.63, 3.8) is 0 Å². The van der Waals surface area contributed by atoms with Crippen LogP contribution in [-0.4, -0.2) is 34.4 Å². The first-order valence-corrected chi connectivity index (χ1v) is 7.47. The summed E-state index contributed by atoms with van der Waals surface area (Å²) in [5.74, 6) is 2.23. The third kappa shape index (κ3) is 4.44. The second kappa shape index (κ2) is 7.63. The number of H-pyrrole nitrogens is 1.